The molecule has 0 unspecified atom stereocenters. The molecular weight excluding hydrogens is 257 g/mol. The molecule has 0 saturated heterocycles. The molecule has 2 aromatic rings. The minimum atomic E-state index is -0.247. The van der Waals surface area contributed by atoms with Crippen molar-refractivity contribution in [1.29, 1.82) is 0 Å². The number of benzene rings is 2. The summed E-state index contributed by atoms with van der Waals surface area (Å²) < 4.78 is 18.7. The summed E-state index contributed by atoms with van der Waals surface area (Å²) in [6, 6.07) is 11.9. The molecule has 0 aliphatic heterocycles. The van der Waals surface area contributed by atoms with Gasteiger partial charge in [0.25, 0.3) is 0 Å². The summed E-state index contributed by atoms with van der Waals surface area (Å²) in [5, 5.41) is 11.9. The van der Waals surface area contributed by atoms with E-state index in [1.54, 1.807) is 19.1 Å². The second-order valence-corrected chi connectivity index (χ2v) is 4.57. The van der Waals surface area contributed by atoms with Crippen molar-refractivity contribution in [3.05, 3.63) is 65.0 Å². The van der Waals surface area contributed by atoms with Gasteiger partial charge < -0.3 is 9.94 Å². The Hall–Kier alpha value is -2.36. The molecule has 2 rings (SSSR count). The minimum Gasteiger partial charge on any atom is -0.489 e. The smallest absolute Gasteiger partial charge is 0.123 e. The third-order valence-corrected chi connectivity index (χ3v) is 3.10. The first-order valence-corrected chi connectivity index (χ1v) is 6.27. The van der Waals surface area contributed by atoms with Crippen molar-refractivity contribution >= 4 is 5.71 Å². The van der Waals surface area contributed by atoms with Gasteiger partial charge in [-0.05, 0) is 49.2 Å². The first kappa shape index (κ1) is 14.1. The van der Waals surface area contributed by atoms with Gasteiger partial charge in [-0.2, -0.15) is 0 Å². The highest BCUT2D eigenvalue weighted by Gasteiger charge is 2.03. The standard InChI is InChI=1S/C16H16FNO2/c1-11-8-15(17)7-6-14(11)10-20-16-5-3-4-13(9-16)12(2)18-19/h3-9,19H,10H2,1-2H3/b18-12-. The average Bonchev–Trinajstić information content (AvgIpc) is 2.46. The van der Waals surface area contributed by atoms with E-state index in [4.69, 9.17) is 9.94 Å². The first-order valence-electron chi connectivity index (χ1n) is 6.27. The topological polar surface area (TPSA) is 41.8 Å². The highest BCUT2D eigenvalue weighted by Crippen LogP contribution is 2.17. The van der Waals surface area contributed by atoms with Crippen molar-refractivity contribution < 1.29 is 14.3 Å². The molecule has 0 bridgehead atoms. The average molecular weight is 273 g/mol. The van der Waals surface area contributed by atoms with E-state index in [0.717, 1.165) is 16.7 Å². The molecule has 0 aliphatic rings. The van der Waals surface area contributed by atoms with Crippen molar-refractivity contribution in [2.45, 2.75) is 20.5 Å². The SMILES string of the molecule is C/C(=N/O)c1cccc(OCc2ccc(F)cc2C)c1. The van der Waals surface area contributed by atoms with Crippen LogP contribution in [0.3, 0.4) is 0 Å². The van der Waals surface area contributed by atoms with Crippen molar-refractivity contribution in [2.24, 2.45) is 5.16 Å². The molecule has 20 heavy (non-hydrogen) atoms. The van der Waals surface area contributed by atoms with Gasteiger partial charge in [0.2, 0.25) is 0 Å². The zero-order valence-electron chi connectivity index (χ0n) is 11.4. The molecule has 2 aromatic carbocycles. The second kappa shape index (κ2) is 6.19. The Morgan fingerprint density at radius 1 is 1.25 bits per heavy atom. The van der Waals surface area contributed by atoms with E-state index in [2.05, 4.69) is 5.16 Å². The molecule has 0 amide bonds. The molecular formula is C16H16FNO2. The number of ether oxygens (including phenoxy) is 1. The lowest BCUT2D eigenvalue weighted by Gasteiger charge is -2.10. The molecule has 0 saturated carbocycles. The number of nitrogens with zero attached hydrogens (tertiary/aromatic N) is 1. The van der Waals surface area contributed by atoms with E-state index < -0.39 is 0 Å². The van der Waals surface area contributed by atoms with E-state index >= 15 is 0 Å². The molecule has 0 heterocycles. The van der Waals surface area contributed by atoms with E-state index in [-0.39, 0.29) is 5.82 Å². The maximum Gasteiger partial charge on any atom is 0.123 e. The number of halogens is 1. The third kappa shape index (κ3) is 3.35. The highest BCUT2D eigenvalue weighted by molar-refractivity contribution is 5.98. The summed E-state index contributed by atoms with van der Waals surface area (Å²) >= 11 is 0. The van der Waals surface area contributed by atoms with Gasteiger partial charge in [-0.25, -0.2) is 4.39 Å². The largest absolute Gasteiger partial charge is 0.489 e. The lowest BCUT2D eigenvalue weighted by Crippen LogP contribution is -2.00. The first-order chi connectivity index (χ1) is 9.60. The fourth-order valence-electron chi connectivity index (χ4n) is 1.85. The summed E-state index contributed by atoms with van der Waals surface area (Å²) in [4.78, 5) is 0. The van der Waals surface area contributed by atoms with Crippen molar-refractivity contribution in [1.82, 2.24) is 0 Å². The summed E-state index contributed by atoms with van der Waals surface area (Å²) in [6.45, 7) is 3.93. The summed E-state index contributed by atoms with van der Waals surface area (Å²) in [5.41, 5.74) is 3.10. The van der Waals surface area contributed by atoms with Gasteiger partial charge in [0.05, 0.1) is 5.71 Å². The number of aryl methyl sites for hydroxylation is 1. The zero-order chi connectivity index (χ0) is 14.5. The quantitative estimate of drug-likeness (QED) is 0.521. The van der Waals surface area contributed by atoms with Gasteiger partial charge >= 0.3 is 0 Å². The van der Waals surface area contributed by atoms with Gasteiger partial charge in [-0.3, -0.25) is 0 Å². The lowest BCUT2D eigenvalue weighted by molar-refractivity contribution is 0.305. The van der Waals surface area contributed by atoms with Crippen LogP contribution in [-0.4, -0.2) is 10.9 Å². The van der Waals surface area contributed by atoms with E-state index in [1.807, 2.05) is 25.1 Å². The predicted molar refractivity (Wildman–Crippen MR) is 75.9 cm³/mol. The Bertz CT molecular complexity index is 638. The van der Waals surface area contributed by atoms with Crippen LogP contribution < -0.4 is 4.74 Å². The van der Waals surface area contributed by atoms with Crippen molar-refractivity contribution in [3.8, 4) is 5.75 Å². The van der Waals surface area contributed by atoms with Crippen LogP contribution in [-0.2, 0) is 6.61 Å². The number of hydrogen-bond donors (Lipinski definition) is 1. The molecule has 104 valence electrons. The molecule has 0 atom stereocenters. The van der Waals surface area contributed by atoms with Crippen LogP contribution in [0.5, 0.6) is 5.75 Å². The molecule has 0 radical (unpaired) electrons. The van der Waals surface area contributed by atoms with E-state index in [1.165, 1.54) is 12.1 Å². The van der Waals surface area contributed by atoms with Gasteiger partial charge in [0.1, 0.15) is 18.2 Å². The zero-order valence-corrected chi connectivity index (χ0v) is 11.4. The molecule has 0 spiro atoms. The maximum absolute atomic E-state index is 13.0. The Morgan fingerprint density at radius 2 is 2.05 bits per heavy atom. The summed E-state index contributed by atoms with van der Waals surface area (Å²) in [6.07, 6.45) is 0. The highest BCUT2D eigenvalue weighted by atomic mass is 19.1. The second-order valence-electron chi connectivity index (χ2n) is 4.57. The Morgan fingerprint density at radius 3 is 2.75 bits per heavy atom. The monoisotopic (exact) mass is 273 g/mol. The summed E-state index contributed by atoms with van der Waals surface area (Å²) in [7, 11) is 0. The van der Waals surface area contributed by atoms with Crippen molar-refractivity contribution in [3.63, 3.8) is 0 Å². The minimum absolute atomic E-state index is 0.247. The fourth-order valence-corrected chi connectivity index (χ4v) is 1.85. The van der Waals surface area contributed by atoms with Crippen LogP contribution in [0.2, 0.25) is 0 Å². The van der Waals surface area contributed by atoms with E-state index in [9.17, 15) is 4.39 Å². The summed E-state index contributed by atoms with van der Waals surface area (Å²) in [5.74, 6) is 0.428. The van der Waals surface area contributed by atoms with Gasteiger partial charge in [0.15, 0.2) is 0 Å². The van der Waals surface area contributed by atoms with Crippen LogP contribution in [0.15, 0.2) is 47.6 Å². The number of rotatable bonds is 4. The van der Waals surface area contributed by atoms with E-state index in [0.29, 0.717) is 18.1 Å². The molecule has 3 nitrogen and oxygen atoms in total. The normalized spacial score (nSPS) is 11.4. The van der Waals surface area contributed by atoms with Crippen LogP contribution >= 0.6 is 0 Å². The predicted octanol–water partition coefficient (Wildman–Crippen LogP) is 3.91. The van der Waals surface area contributed by atoms with Gasteiger partial charge in [-0.15, -0.1) is 0 Å². The number of hydrogen-bond acceptors (Lipinski definition) is 3. The van der Waals surface area contributed by atoms with Gasteiger partial charge in [0, 0.05) is 5.56 Å². The Labute approximate surface area is 117 Å². The molecule has 0 aliphatic carbocycles. The van der Waals surface area contributed by atoms with Gasteiger partial charge in [-0.1, -0.05) is 23.4 Å². The van der Waals surface area contributed by atoms with Crippen LogP contribution in [0.4, 0.5) is 4.39 Å². The maximum atomic E-state index is 13.0. The lowest BCUT2D eigenvalue weighted by atomic mass is 10.1. The molecule has 4 heteroatoms. The fraction of sp³-hybridized carbons (Fsp3) is 0.188. The Kier molecular flexibility index (Phi) is 4.35. The molecule has 0 fully saturated rings. The molecule has 0 aromatic heterocycles. The molecule has 1 N–H and O–H groups in total. The van der Waals surface area contributed by atoms with Crippen LogP contribution in [0.25, 0.3) is 0 Å². The van der Waals surface area contributed by atoms with Crippen molar-refractivity contribution in [2.75, 3.05) is 0 Å². The number of oxime groups is 1. The van der Waals surface area contributed by atoms with Crippen LogP contribution in [0.1, 0.15) is 23.6 Å². The van der Waals surface area contributed by atoms with Crippen LogP contribution in [0, 0.1) is 12.7 Å². The third-order valence-electron chi connectivity index (χ3n) is 3.10. The Balaban J connectivity index is 2.11.